The molecule has 13 heteroatoms. The zero-order chi connectivity index (χ0) is 22.3. The number of hydrogen-bond donors (Lipinski definition) is 0. The molecule has 0 amide bonds. The smallest absolute Gasteiger partial charge is 0.542 e. The molecule has 0 unspecified atom stereocenters. The Hall–Kier alpha value is -3.05. The molecular formula is C15H15MnO12. The van der Waals surface area contributed by atoms with E-state index in [1.54, 1.807) is 0 Å². The third kappa shape index (κ3) is 25.2. The Kier molecular flexibility index (Phi) is 20.2. The molecule has 0 bridgehead atoms. The molecule has 0 N–H and O–H groups in total. The van der Waals surface area contributed by atoms with E-state index in [1.807, 2.05) is 0 Å². The van der Waals surface area contributed by atoms with E-state index in [2.05, 4.69) is 0 Å². The van der Waals surface area contributed by atoms with E-state index >= 15 is 0 Å². The summed E-state index contributed by atoms with van der Waals surface area (Å²) in [5, 5.41) is 28.9. The van der Waals surface area contributed by atoms with Gasteiger partial charge in [0, 0.05) is 0 Å². The molecule has 0 rings (SSSR count). The Morgan fingerprint density at radius 1 is 0.464 bits per heavy atom. The number of Topliss-reactive ketones (excluding diaryl/α,β-unsaturated/α-hetero) is 6. The second-order valence-corrected chi connectivity index (χ2v) is 4.77. The van der Waals surface area contributed by atoms with Crippen LogP contribution in [0.15, 0.2) is 0 Å². The maximum atomic E-state index is 10.1. The molecule has 0 radical (unpaired) electrons. The Balaban J connectivity index is -0.000000152. The zero-order valence-corrected chi connectivity index (χ0v) is 16.1. The summed E-state index contributed by atoms with van der Waals surface area (Å²) in [6.07, 6.45) is -1.70. The van der Waals surface area contributed by atoms with Crippen molar-refractivity contribution in [1.82, 2.24) is 0 Å². The molecule has 0 heterocycles. The molecule has 12 nitrogen and oxygen atoms in total. The molecule has 28 heavy (non-hydrogen) atoms. The summed E-state index contributed by atoms with van der Waals surface area (Å²) in [6.45, 7) is 3.42. The van der Waals surface area contributed by atoms with Crippen molar-refractivity contribution < 1.29 is 75.5 Å². The van der Waals surface area contributed by atoms with Crippen LogP contribution in [0.4, 0.5) is 0 Å². The molecule has 0 aliphatic rings. The topological polar surface area (TPSA) is 223 Å². The first-order valence-electron chi connectivity index (χ1n) is 6.82. The average Bonchev–Trinajstić information content (AvgIpc) is 2.46. The molecule has 0 atom stereocenters. The van der Waals surface area contributed by atoms with Crippen LogP contribution in [0.25, 0.3) is 0 Å². The summed E-state index contributed by atoms with van der Waals surface area (Å²) in [7, 11) is 0. The van der Waals surface area contributed by atoms with E-state index in [-0.39, 0.29) is 17.1 Å². The number of carbonyl (C=O) groups is 9. The fraction of sp³-hybridized carbons (Fsp3) is 0.400. The first-order valence-corrected chi connectivity index (χ1v) is 6.82. The van der Waals surface area contributed by atoms with Gasteiger partial charge in [0.05, 0.1) is 19.3 Å². The Morgan fingerprint density at radius 2 is 0.607 bits per heavy atom. The SMILES string of the molecule is CC(=O)CC(=O)C(=O)[O-].CC(=O)CC(=O)C(=O)[O-].CC(=O)CC(=O)C(=O)[O-].[Mn+3]. The third-order valence-electron chi connectivity index (χ3n) is 1.91. The number of carbonyl (C=O) groups excluding carboxylic acids is 9. The first-order chi connectivity index (χ1) is 12.1. The van der Waals surface area contributed by atoms with Crippen molar-refractivity contribution in [3.63, 3.8) is 0 Å². The second kappa shape index (κ2) is 17.4. The van der Waals surface area contributed by atoms with Gasteiger partial charge >= 0.3 is 17.1 Å². The van der Waals surface area contributed by atoms with Crippen LogP contribution in [0, 0.1) is 0 Å². The van der Waals surface area contributed by atoms with Gasteiger partial charge in [0.2, 0.25) is 0 Å². The monoisotopic (exact) mass is 442 g/mol. The van der Waals surface area contributed by atoms with Crippen molar-refractivity contribution in [2.24, 2.45) is 0 Å². The number of ketones is 6. The molecule has 0 aromatic rings. The van der Waals surface area contributed by atoms with Crippen LogP contribution in [0.5, 0.6) is 0 Å². The zero-order valence-electron chi connectivity index (χ0n) is 14.9. The predicted octanol–water partition coefficient (Wildman–Crippen LogP) is -5.15. The van der Waals surface area contributed by atoms with Crippen molar-refractivity contribution >= 4 is 52.6 Å². The Bertz CT molecular complexity index is 572. The minimum absolute atomic E-state index is 0. The number of carboxylic acids is 3. The van der Waals surface area contributed by atoms with Gasteiger partial charge in [0.15, 0.2) is 17.3 Å². The third-order valence-corrected chi connectivity index (χ3v) is 1.91. The predicted molar refractivity (Wildman–Crippen MR) is 75.9 cm³/mol. The molecule has 0 saturated carbocycles. The molecular weight excluding hydrogens is 427 g/mol. The largest absolute Gasteiger partial charge is 3.00 e. The fourth-order valence-corrected chi connectivity index (χ4v) is 0.895. The van der Waals surface area contributed by atoms with E-state index in [0.29, 0.717) is 0 Å². The Labute approximate surface area is 168 Å². The van der Waals surface area contributed by atoms with Crippen molar-refractivity contribution in [2.45, 2.75) is 40.0 Å². The summed E-state index contributed by atoms with van der Waals surface area (Å²) in [5.41, 5.74) is 0. The average molecular weight is 442 g/mol. The quantitative estimate of drug-likeness (QED) is 0.186. The summed E-state index contributed by atoms with van der Waals surface area (Å²) in [5.74, 6) is -10.3. The minimum Gasteiger partial charge on any atom is -0.542 e. The van der Waals surface area contributed by atoms with Crippen LogP contribution in [0.3, 0.4) is 0 Å². The maximum Gasteiger partial charge on any atom is 3.00 e. The molecule has 154 valence electrons. The molecule has 0 saturated heterocycles. The van der Waals surface area contributed by atoms with Crippen molar-refractivity contribution in [3.05, 3.63) is 0 Å². The van der Waals surface area contributed by atoms with Gasteiger partial charge in [-0.15, -0.1) is 0 Å². The van der Waals surface area contributed by atoms with Crippen LogP contribution in [-0.4, -0.2) is 52.6 Å². The minimum atomic E-state index is -1.80. The fourth-order valence-electron chi connectivity index (χ4n) is 0.895. The van der Waals surface area contributed by atoms with E-state index in [0.717, 1.165) is 20.8 Å². The second-order valence-electron chi connectivity index (χ2n) is 4.77. The molecule has 0 fully saturated rings. The van der Waals surface area contributed by atoms with E-state index < -0.39 is 71.9 Å². The molecule has 0 aromatic heterocycles. The van der Waals surface area contributed by atoms with Crippen molar-refractivity contribution in [1.29, 1.82) is 0 Å². The van der Waals surface area contributed by atoms with Gasteiger partial charge in [0.25, 0.3) is 0 Å². The van der Waals surface area contributed by atoms with Gasteiger partial charge in [0.1, 0.15) is 35.3 Å². The summed E-state index contributed by atoms with van der Waals surface area (Å²) >= 11 is 0. The van der Waals surface area contributed by atoms with E-state index in [1.165, 1.54) is 0 Å². The van der Waals surface area contributed by atoms with Crippen LogP contribution in [-0.2, 0) is 60.2 Å². The first kappa shape index (κ1) is 32.6. The van der Waals surface area contributed by atoms with Crippen molar-refractivity contribution in [2.75, 3.05) is 0 Å². The number of rotatable bonds is 9. The van der Waals surface area contributed by atoms with Crippen LogP contribution in [0.2, 0.25) is 0 Å². The number of hydrogen-bond acceptors (Lipinski definition) is 12. The van der Waals surface area contributed by atoms with Crippen LogP contribution < -0.4 is 15.3 Å². The molecule has 0 aromatic carbocycles. The standard InChI is InChI=1S/3C5H6O4.Mn/c3*1-3(6)2-4(7)5(8)9;/h3*2H2,1H3,(H,8,9);/q;;;+3/p-3. The van der Waals surface area contributed by atoms with E-state index in [9.17, 15) is 58.5 Å². The number of aliphatic carboxylic acids is 3. The van der Waals surface area contributed by atoms with Gasteiger partial charge in [-0.1, -0.05) is 0 Å². The number of carboxylic acid groups (broad SMARTS) is 3. The van der Waals surface area contributed by atoms with Crippen molar-refractivity contribution in [3.8, 4) is 0 Å². The molecule has 0 aliphatic carbocycles. The van der Waals surface area contributed by atoms with Crippen LogP contribution in [0.1, 0.15) is 40.0 Å². The summed E-state index contributed by atoms with van der Waals surface area (Å²) in [4.78, 5) is 89.2. The molecule has 0 spiro atoms. The maximum absolute atomic E-state index is 10.1. The van der Waals surface area contributed by atoms with Gasteiger partial charge in [-0.3, -0.25) is 28.8 Å². The summed E-state index contributed by atoms with van der Waals surface area (Å²) in [6, 6.07) is 0. The van der Waals surface area contributed by atoms with Gasteiger partial charge in [-0.2, -0.15) is 0 Å². The Morgan fingerprint density at radius 3 is 0.643 bits per heavy atom. The van der Waals surface area contributed by atoms with Gasteiger partial charge < -0.3 is 29.7 Å². The molecule has 0 aliphatic heterocycles. The van der Waals surface area contributed by atoms with Crippen LogP contribution >= 0.6 is 0 Å². The normalized spacial score (nSPS) is 8.25. The van der Waals surface area contributed by atoms with Gasteiger partial charge in [-0.25, -0.2) is 0 Å². The summed E-state index contributed by atoms with van der Waals surface area (Å²) < 4.78 is 0. The van der Waals surface area contributed by atoms with E-state index in [4.69, 9.17) is 0 Å². The van der Waals surface area contributed by atoms with Gasteiger partial charge in [-0.05, 0) is 20.8 Å².